The fourth-order valence-electron chi connectivity index (χ4n) is 4.54. The first-order chi connectivity index (χ1) is 19.6. The van der Waals surface area contributed by atoms with E-state index in [9.17, 15) is 4.79 Å². The number of benzene rings is 2. The zero-order valence-electron chi connectivity index (χ0n) is 24.0. The molecule has 2 aromatic heterocycles. The van der Waals surface area contributed by atoms with Crippen molar-refractivity contribution < 1.29 is 18.7 Å². The van der Waals surface area contributed by atoms with Crippen LogP contribution in [0.25, 0.3) is 11.0 Å². The van der Waals surface area contributed by atoms with Gasteiger partial charge in [0, 0.05) is 53.9 Å². The van der Waals surface area contributed by atoms with Gasteiger partial charge in [-0.1, -0.05) is 11.6 Å². The Bertz CT molecular complexity index is 1540. The summed E-state index contributed by atoms with van der Waals surface area (Å²) in [4.78, 5) is 25.4. The van der Waals surface area contributed by atoms with Crippen molar-refractivity contribution in [2.24, 2.45) is 0 Å². The molecule has 0 unspecified atom stereocenters. The quantitative estimate of drug-likeness (QED) is 0.221. The number of hydrogen-bond donors (Lipinski definition) is 3. The van der Waals surface area contributed by atoms with Crippen molar-refractivity contribution in [2.75, 3.05) is 64.7 Å². The summed E-state index contributed by atoms with van der Waals surface area (Å²) < 4.78 is 17.5. The first kappa shape index (κ1) is 29.8. The molecule has 0 aliphatic carbocycles. The number of aromatic nitrogens is 2. The van der Waals surface area contributed by atoms with Gasteiger partial charge in [-0.05, 0) is 56.9 Å². The predicted octanol–water partition coefficient (Wildman–Crippen LogP) is 4.28. The SMILES string of the molecule is CCN(CCN(C)C)C(=O)c1ccc(Cl)cc1NCc1cc2c(Cc3cnc(N)nc3N)cc(OC)c(OC)c2o1. The molecule has 5 N–H and O–H groups in total. The fraction of sp³-hybridized carbons (Fsp3) is 0.345. The summed E-state index contributed by atoms with van der Waals surface area (Å²) in [6.45, 7) is 4.22. The molecule has 0 bridgehead atoms. The minimum absolute atomic E-state index is 0.0740. The van der Waals surface area contributed by atoms with Crippen LogP contribution in [-0.2, 0) is 13.0 Å². The number of nitrogen functional groups attached to an aromatic ring is 2. The molecule has 0 atom stereocenters. The van der Waals surface area contributed by atoms with Crippen LogP contribution in [0.2, 0.25) is 5.02 Å². The molecule has 0 saturated heterocycles. The average molecular weight is 582 g/mol. The molecule has 4 rings (SSSR count). The van der Waals surface area contributed by atoms with Gasteiger partial charge in [-0.25, -0.2) is 4.98 Å². The smallest absolute Gasteiger partial charge is 0.255 e. The number of hydrogen-bond acceptors (Lipinski definition) is 10. The van der Waals surface area contributed by atoms with Crippen molar-refractivity contribution >= 4 is 45.9 Å². The molecule has 0 spiro atoms. The van der Waals surface area contributed by atoms with Crippen molar-refractivity contribution in [1.29, 1.82) is 0 Å². The molecule has 2 heterocycles. The predicted molar refractivity (Wildman–Crippen MR) is 162 cm³/mol. The van der Waals surface area contributed by atoms with Gasteiger partial charge in [-0.15, -0.1) is 0 Å². The van der Waals surface area contributed by atoms with E-state index in [1.54, 1.807) is 38.6 Å². The Morgan fingerprint density at radius 1 is 1.10 bits per heavy atom. The van der Waals surface area contributed by atoms with Gasteiger partial charge in [0.25, 0.3) is 5.91 Å². The van der Waals surface area contributed by atoms with Gasteiger partial charge in [-0.3, -0.25) is 4.79 Å². The lowest BCUT2D eigenvalue weighted by atomic mass is 10.0. The second-order valence-electron chi connectivity index (χ2n) is 9.77. The van der Waals surface area contributed by atoms with Crippen LogP contribution in [0, 0.1) is 0 Å². The van der Waals surface area contributed by atoms with Crippen molar-refractivity contribution in [3.05, 3.63) is 64.0 Å². The Kier molecular flexibility index (Phi) is 9.41. The third-order valence-corrected chi connectivity index (χ3v) is 6.97. The molecule has 12 heteroatoms. The average Bonchev–Trinajstić information content (AvgIpc) is 3.37. The van der Waals surface area contributed by atoms with Crippen LogP contribution in [0.15, 0.2) is 40.9 Å². The summed E-state index contributed by atoms with van der Waals surface area (Å²) in [5, 5.41) is 4.68. The number of halogens is 1. The van der Waals surface area contributed by atoms with Crippen LogP contribution in [-0.4, -0.2) is 73.6 Å². The van der Waals surface area contributed by atoms with E-state index < -0.39 is 0 Å². The number of nitrogens with two attached hydrogens (primary N) is 2. The van der Waals surface area contributed by atoms with Gasteiger partial charge in [0.15, 0.2) is 11.3 Å². The first-order valence-corrected chi connectivity index (χ1v) is 13.5. The van der Waals surface area contributed by atoms with Gasteiger partial charge >= 0.3 is 0 Å². The van der Waals surface area contributed by atoms with Gasteiger partial charge in [-0.2, -0.15) is 4.98 Å². The highest BCUT2D eigenvalue weighted by Gasteiger charge is 2.21. The Balaban J connectivity index is 1.66. The summed E-state index contributed by atoms with van der Waals surface area (Å²) >= 11 is 6.32. The van der Waals surface area contributed by atoms with E-state index >= 15 is 0 Å². The first-order valence-electron chi connectivity index (χ1n) is 13.2. The lowest BCUT2D eigenvalue weighted by Gasteiger charge is -2.24. The number of amides is 1. The van der Waals surface area contributed by atoms with E-state index in [1.165, 1.54) is 0 Å². The molecule has 2 aromatic carbocycles. The number of anilines is 3. The van der Waals surface area contributed by atoms with Gasteiger partial charge in [0.1, 0.15) is 11.6 Å². The Hall–Kier alpha value is -4.22. The third-order valence-electron chi connectivity index (χ3n) is 6.74. The summed E-state index contributed by atoms with van der Waals surface area (Å²) in [5.74, 6) is 1.94. The number of methoxy groups -OCH3 is 2. The van der Waals surface area contributed by atoms with Crippen molar-refractivity contribution in [3.63, 3.8) is 0 Å². The number of carbonyl (C=O) groups excluding carboxylic acids is 1. The van der Waals surface area contributed by atoms with E-state index in [2.05, 4.69) is 15.3 Å². The maximum Gasteiger partial charge on any atom is 0.255 e. The second-order valence-corrected chi connectivity index (χ2v) is 10.2. The lowest BCUT2D eigenvalue weighted by Crippen LogP contribution is -2.36. The van der Waals surface area contributed by atoms with Crippen LogP contribution in [0.3, 0.4) is 0 Å². The highest BCUT2D eigenvalue weighted by Crippen LogP contribution is 2.41. The Morgan fingerprint density at radius 2 is 1.88 bits per heavy atom. The number of nitrogens with one attached hydrogen (secondary N) is 1. The minimum Gasteiger partial charge on any atom is -0.493 e. The monoisotopic (exact) mass is 581 g/mol. The summed E-state index contributed by atoms with van der Waals surface area (Å²) in [7, 11) is 7.09. The number of fused-ring (bicyclic) bond motifs is 1. The van der Waals surface area contributed by atoms with Crippen molar-refractivity contribution in [2.45, 2.75) is 19.9 Å². The van der Waals surface area contributed by atoms with Crippen LogP contribution >= 0.6 is 11.6 Å². The molecule has 1 amide bonds. The van der Waals surface area contributed by atoms with Crippen LogP contribution in [0.5, 0.6) is 11.5 Å². The molecule has 218 valence electrons. The molecule has 0 radical (unpaired) electrons. The van der Waals surface area contributed by atoms with Crippen LogP contribution in [0.1, 0.15) is 34.2 Å². The van der Waals surface area contributed by atoms with E-state index in [4.69, 9.17) is 37.0 Å². The maximum absolute atomic E-state index is 13.4. The standard InChI is InChI=1S/C29H36ClN7O4/c1-6-37(10-9-36(2)3)28(38)21-8-7-19(30)13-23(21)33-16-20-14-22-17(11-18-15-34-29(32)35-27(18)31)12-24(39-4)26(40-5)25(22)41-20/h7-8,12-15,33H,6,9-11,16H2,1-5H3,(H4,31,32,34,35). The topological polar surface area (TPSA) is 145 Å². The van der Waals surface area contributed by atoms with E-state index in [1.807, 2.05) is 43.0 Å². The summed E-state index contributed by atoms with van der Waals surface area (Å²) in [6.07, 6.45) is 2.03. The zero-order valence-corrected chi connectivity index (χ0v) is 24.7. The fourth-order valence-corrected chi connectivity index (χ4v) is 4.71. The maximum atomic E-state index is 13.4. The molecular weight excluding hydrogens is 546 g/mol. The second kappa shape index (κ2) is 13.0. The van der Waals surface area contributed by atoms with E-state index in [-0.39, 0.29) is 18.4 Å². The molecule has 0 saturated carbocycles. The molecule has 11 nitrogen and oxygen atoms in total. The zero-order chi connectivity index (χ0) is 29.7. The third kappa shape index (κ3) is 6.75. The molecule has 41 heavy (non-hydrogen) atoms. The molecular formula is C29H36ClN7O4. The number of furan rings is 1. The van der Waals surface area contributed by atoms with E-state index in [0.29, 0.717) is 70.0 Å². The minimum atomic E-state index is -0.0740. The normalized spacial score (nSPS) is 11.2. The van der Waals surface area contributed by atoms with Crippen LogP contribution < -0.4 is 26.3 Å². The van der Waals surface area contributed by atoms with E-state index in [0.717, 1.165) is 17.5 Å². The van der Waals surface area contributed by atoms with Gasteiger partial charge < -0.3 is 40.5 Å². The number of ether oxygens (including phenoxy) is 2. The van der Waals surface area contributed by atoms with Crippen LogP contribution in [0.4, 0.5) is 17.5 Å². The molecule has 4 aromatic rings. The highest BCUT2D eigenvalue weighted by molar-refractivity contribution is 6.31. The highest BCUT2D eigenvalue weighted by atomic mass is 35.5. The number of carbonyl (C=O) groups is 1. The van der Waals surface area contributed by atoms with Gasteiger partial charge in [0.2, 0.25) is 11.7 Å². The lowest BCUT2D eigenvalue weighted by molar-refractivity contribution is 0.0755. The number of likely N-dealkylation sites (N-methyl/N-ethyl adjacent to an activating group) is 2. The number of rotatable bonds is 12. The number of nitrogens with zero attached hydrogens (tertiary/aromatic N) is 4. The summed E-state index contributed by atoms with van der Waals surface area (Å²) in [6, 6.07) is 9.02. The summed E-state index contributed by atoms with van der Waals surface area (Å²) in [5.41, 5.74) is 15.0. The Labute approximate surface area is 244 Å². The molecule has 0 fully saturated rings. The molecule has 0 aliphatic heterocycles. The van der Waals surface area contributed by atoms with Gasteiger partial charge in [0.05, 0.1) is 26.3 Å². The molecule has 0 aliphatic rings. The van der Waals surface area contributed by atoms with Crippen molar-refractivity contribution in [1.82, 2.24) is 19.8 Å². The van der Waals surface area contributed by atoms with Crippen molar-refractivity contribution in [3.8, 4) is 11.5 Å². The largest absolute Gasteiger partial charge is 0.493 e. The Morgan fingerprint density at radius 3 is 2.54 bits per heavy atom.